The van der Waals surface area contributed by atoms with Crippen molar-refractivity contribution in [2.24, 2.45) is 0 Å². The van der Waals surface area contributed by atoms with Crippen LogP contribution in [0.3, 0.4) is 0 Å². The first-order valence-electron chi connectivity index (χ1n) is 8.84. The van der Waals surface area contributed by atoms with Gasteiger partial charge in [-0.15, -0.1) is 11.3 Å². The van der Waals surface area contributed by atoms with Gasteiger partial charge in [0.1, 0.15) is 6.33 Å². The van der Waals surface area contributed by atoms with Gasteiger partial charge in [0.25, 0.3) is 5.91 Å². The lowest BCUT2D eigenvalue weighted by Crippen LogP contribution is -2.25. The van der Waals surface area contributed by atoms with E-state index in [1.54, 1.807) is 29.9 Å². The third kappa shape index (κ3) is 3.41. The van der Waals surface area contributed by atoms with Crippen molar-refractivity contribution in [2.75, 3.05) is 5.32 Å². The highest BCUT2D eigenvalue weighted by molar-refractivity contribution is 7.15. The number of rotatable bonds is 6. The Morgan fingerprint density at radius 1 is 1.21 bits per heavy atom. The Kier molecular flexibility index (Phi) is 4.17. The number of aromatic nitrogens is 6. The number of anilines is 2. The molecule has 4 aromatic heterocycles. The maximum absolute atomic E-state index is 12.9. The molecule has 0 atom stereocenters. The molecule has 28 heavy (non-hydrogen) atoms. The summed E-state index contributed by atoms with van der Waals surface area (Å²) in [5.41, 5.74) is 2.54. The van der Waals surface area contributed by atoms with Crippen molar-refractivity contribution >= 4 is 33.7 Å². The molecule has 0 bridgehead atoms. The third-order valence-electron chi connectivity index (χ3n) is 4.40. The van der Waals surface area contributed by atoms with Gasteiger partial charge in [0.05, 0.1) is 42.2 Å². The molecule has 1 amide bonds. The molecule has 1 fully saturated rings. The van der Waals surface area contributed by atoms with Gasteiger partial charge in [-0.3, -0.25) is 9.20 Å². The zero-order valence-corrected chi connectivity index (χ0v) is 15.6. The predicted octanol–water partition coefficient (Wildman–Crippen LogP) is 2.53. The van der Waals surface area contributed by atoms with Crippen LogP contribution in [0.15, 0.2) is 42.7 Å². The molecule has 4 aromatic rings. The van der Waals surface area contributed by atoms with E-state index < -0.39 is 0 Å². The lowest BCUT2D eigenvalue weighted by atomic mass is 10.2. The molecule has 0 spiro atoms. The molecule has 5 rings (SSSR count). The average molecular weight is 392 g/mol. The third-order valence-corrected chi connectivity index (χ3v) is 5.17. The van der Waals surface area contributed by atoms with Crippen molar-refractivity contribution in [3.63, 3.8) is 0 Å². The highest BCUT2D eigenvalue weighted by atomic mass is 32.1. The zero-order valence-electron chi connectivity index (χ0n) is 14.7. The molecule has 140 valence electrons. The van der Waals surface area contributed by atoms with Crippen LogP contribution in [0.25, 0.3) is 4.96 Å². The number of nitrogens with zero attached hydrogens (tertiary/aromatic N) is 6. The summed E-state index contributed by atoms with van der Waals surface area (Å²) in [6.07, 6.45) is 12.4. The number of fused-ring (bicyclic) bond motifs is 1. The van der Waals surface area contributed by atoms with Crippen LogP contribution < -0.4 is 10.6 Å². The Morgan fingerprint density at radius 2 is 2.07 bits per heavy atom. The molecule has 1 aliphatic rings. The van der Waals surface area contributed by atoms with Crippen molar-refractivity contribution in [3.05, 3.63) is 59.8 Å². The Labute approximate surface area is 163 Å². The number of hydrogen-bond donors (Lipinski definition) is 2. The number of nitrogens with one attached hydrogen (secondary N) is 2. The van der Waals surface area contributed by atoms with Gasteiger partial charge in [-0.25, -0.2) is 24.9 Å². The summed E-state index contributed by atoms with van der Waals surface area (Å²) in [7, 11) is 0. The first-order chi connectivity index (χ1) is 13.8. The summed E-state index contributed by atoms with van der Waals surface area (Å²) in [5, 5.41) is 7.94. The van der Waals surface area contributed by atoms with E-state index in [4.69, 9.17) is 0 Å². The molecule has 4 heterocycles. The number of hydrogen-bond acceptors (Lipinski definition) is 8. The minimum absolute atomic E-state index is 0.259. The SMILES string of the molecule is O=C(NCc1cn2ccsc2n1)c1nc(C2CC2)cnc1Nc1cncnc1. The Bertz CT molecular complexity index is 1110. The Morgan fingerprint density at radius 3 is 2.86 bits per heavy atom. The maximum Gasteiger partial charge on any atom is 0.274 e. The van der Waals surface area contributed by atoms with E-state index in [1.807, 2.05) is 22.2 Å². The highest BCUT2D eigenvalue weighted by Crippen LogP contribution is 2.39. The number of carbonyl (C=O) groups is 1. The molecule has 2 N–H and O–H groups in total. The second kappa shape index (κ2) is 6.97. The monoisotopic (exact) mass is 392 g/mol. The molecule has 0 unspecified atom stereocenters. The molecule has 1 saturated carbocycles. The van der Waals surface area contributed by atoms with E-state index in [9.17, 15) is 4.79 Å². The molecule has 1 aliphatic carbocycles. The van der Waals surface area contributed by atoms with E-state index in [0.717, 1.165) is 29.2 Å². The second-order valence-electron chi connectivity index (χ2n) is 6.53. The standard InChI is InChI=1S/C18H16N8OS/c27-17(22-7-13-9-26-3-4-28-18(26)24-13)15-16(23-12-5-19-10-20-6-12)21-8-14(25-15)11-1-2-11/h3-6,8-11H,1-2,7H2,(H,21,23)(H,22,27). The van der Waals surface area contributed by atoms with E-state index in [1.165, 1.54) is 6.33 Å². The van der Waals surface area contributed by atoms with Gasteiger partial charge in [0, 0.05) is 23.7 Å². The molecule has 0 aromatic carbocycles. The number of amides is 1. The number of carbonyl (C=O) groups excluding carboxylic acids is 1. The van der Waals surface area contributed by atoms with Crippen molar-refractivity contribution in [2.45, 2.75) is 25.3 Å². The molecule has 0 aliphatic heterocycles. The lowest BCUT2D eigenvalue weighted by Gasteiger charge is -2.11. The fourth-order valence-electron chi connectivity index (χ4n) is 2.84. The Hall–Kier alpha value is -3.40. The van der Waals surface area contributed by atoms with E-state index >= 15 is 0 Å². The van der Waals surface area contributed by atoms with Crippen molar-refractivity contribution in [1.82, 2.24) is 34.6 Å². The molecule has 0 saturated heterocycles. The molecule has 9 nitrogen and oxygen atoms in total. The normalized spacial score (nSPS) is 13.6. The highest BCUT2D eigenvalue weighted by Gasteiger charge is 2.27. The zero-order chi connectivity index (χ0) is 18.9. The van der Waals surface area contributed by atoms with E-state index in [2.05, 4.69) is 35.6 Å². The second-order valence-corrected chi connectivity index (χ2v) is 7.40. The smallest absolute Gasteiger partial charge is 0.274 e. The van der Waals surface area contributed by atoms with Crippen LogP contribution in [0.2, 0.25) is 0 Å². The van der Waals surface area contributed by atoms with Gasteiger partial charge in [-0.1, -0.05) is 0 Å². The summed E-state index contributed by atoms with van der Waals surface area (Å²) in [6.45, 7) is 0.316. The van der Waals surface area contributed by atoms with Crippen LogP contribution in [0.4, 0.5) is 11.5 Å². The minimum Gasteiger partial charge on any atom is -0.345 e. The average Bonchev–Trinajstić information content (AvgIpc) is 3.36. The fourth-order valence-corrected chi connectivity index (χ4v) is 3.56. The molecule has 0 radical (unpaired) electrons. The van der Waals surface area contributed by atoms with Gasteiger partial charge < -0.3 is 10.6 Å². The van der Waals surface area contributed by atoms with Gasteiger partial charge >= 0.3 is 0 Å². The van der Waals surface area contributed by atoms with Gasteiger partial charge in [-0.2, -0.15) is 0 Å². The van der Waals surface area contributed by atoms with Crippen LogP contribution in [0.1, 0.15) is 40.6 Å². The van der Waals surface area contributed by atoms with Gasteiger partial charge in [-0.05, 0) is 12.8 Å². The Balaban J connectivity index is 1.38. The minimum atomic E-state index is -0.300. The van der Waals surface area contributed by atoms with E-state index in [-0.39, 0.29) is 11.6 Å². The summed E-state index contributed by atoms with van der Waals surface area (Å²) in [4.78, 5) is 35.2. The number of thiazole rings is 1. The van der Waals surface area contributed by atoms with Crippen molar-refractivity contribution < 1.29 is 4.79 Å². The van der Waals surface area contributed by atoms with Crippen molar-refractivity contribution in [3.8, 4) is 0 Å². The van der Waals surface area contributed by atoms with Crippen LogP contribution in [0.5, 0.6) is 0 Å². The van der Waals surface area contributed by atoms with E-state index in [0.29, 0.717) is 24.0 Å². The van der Waals surface area contributed by atoms with Crippen LogP contribution in [0, 0.1) is 0 Å². The van der Waals surface area contributed by atoms with Crippen LogP contribution >= 0.6 is 11.3 Å². The number of imidazole rings is 1. The fraction of sp³-hybridized carbons (Fsp3) is 0.222. The molecule has 10 heteroatoms. The predicted molar refractivity (Wildman–Crippen MR) is 104 cm³/mol. The summed E-state index contributed by atoms with van der Waals surface area (Å²) in [5.74, 6) is 0.473. The maximum atomic E-state index is 12.9. The quantitative estimate of drug-likeness (QED) is 0.519. The first-order valence-corrected chi connectivity index (χ1v) is 9.72. The largest absolute Gasteiger partial charge is 0.345 e. The summed E-state index contributed by atoms with van der Waals surface area (Å²) >= 11 is 1.55. The molecular formula is C18H16N8OS. The topological polar surface area (TPSA) is 110 Å². The molecular weight excluding hydrogens is 376 g/mol. The summed E-state index contributed by atoms with van der Waals surface area (Å²) < 4.78 is 1.93. The van der Waals surface area contributed by atoms with Crippen molar-refractivity contribution in [1.29, 1.82) is 0 Å². The van der Waals surface area contributed by atoms with Gasteiger partial charge in [0.15, 0.2) is 16.5 Å². The van der Waals surface area contributed by atoms with Gasteiger partial charge in [0.2, 0.25) is 0 Å². The van der Waals surface area contributed by atoms with Crippen LogP contribution in [-0.4, -0.2) is 35.2 Å². The van der Waals surface area contributed by atoms with Crippen LogP contribution in [-0.2, 0) is 6.54 Å². The summed E-state index contributed by atoms with van der Waals surface area (Å²) in [6, 6.07) is 0. The lowest BCUT2D eigenvalue weighted by molar-refractivity contribution is 0.0946. The first kappa shape index (κ1) is 16.8.